The third kappa shape index (κ3) is 5.15. The lowest BCUT2D eigenvalue weighted by molar-refractivity contribution is -0.140. The average molecular weight is 514 g/mol. The fraction of sp³-hybridized carbons (Fsp3) is 0.290. The first-order valence-corrected chi connectivity index (χ1v) is 12.8. The Morgan fingerprint density at radius 3 is 2.66 bits per heavy atom. The molecular formula is C31H31NO6. The van der Waals surface area contributed by atoms with Crippen molar-refractivity contribution in [3.8, 4) is 11.5 Å². The highest BCUT2D eigenvalue weighted by Crippen LogP contribution is 2.41. The highest BCUT2D eigenvalue weighted by Gasteiger charge is 2.46. The summed E-state index contributed by atoms with van der Waals surface area (Å²) in [6.07, 6.45) is 1.32. The van der Waals surface area contributed by atoms with E-state index in [9.17, 15) is 14.7 Å². The van der Waals surface area contributed by atoms with Gasteiger partial charge < -0.3 is 24.2 Å². The molecular weight excluding hydrogens is 482 g/mol. The van der Waals surface area contributed by atoms with Gasteiger partial charge >= 0.3 is 0 Å². The number of rotatable bonds is 9. The van der Waals surface area contributed by atoms with Crippen LogP contribution in [-0.2, 0) is 27.4 Å². The molecule has 2 heterocycles. The molecule has 0 saturated carbocycles. The molecule has 0 aliphatic carbocycles. The maximum Gasteiger partial charge on any atom is 0.295 e. The van der Waals surface area contributed by atoms with E-state index in [0.717, 1.165) is 16.9 Å². The summed E-state index contributed by atoms with van der Waals surface area (Å²) in [5, 5.41) is 11.4. The van der Waals surface area contributed by atoms with Gasteiger partial charge in [-0.1, -0.05) is 42.5 Å². The van der Waals surface area contributed by atoms with Gasteiger partial charge in [-0.05, 0) is 60.4 Å². The molecule has 38 heavy (non-hydrogen) atoms. The molecule has 3 aromatic rings. The number of hydrogen-bond donors (Lipinski definition) is 1. The molecule has 0 spiro atoms. The van der Waals surface area contributed by atoms with Crippen molar-refractivity contribution in [3.63, 3.8) is 0 Å². The van der Waals surface area contributed by atoms with Crippen LogP contribution in [0.2, 0.25) is 0 Å². The van der Waals surface area contributed by atoms with Gasteiger partial charge in [0.15, 0.2) is 0 Å². The first-order chi connectivity index (χ1) is 18.5. The Kier molecular flexibility index (Phi) is 7.47. The molecule has 7 nitrogen and oxygen atoms in total. The van der Waals surface area contributed by atoms with Gasteiger partial charge in [0.05, 0.1) is 11.6 Å². The SMILES string of the molecule is COCCCN1C(=O)C(=O)/C(=C(/O)c2ccc3c(c2)C[C@@H](C)O3)[C@@H]1c1cccc(OCc2ccccc2)c1. The van der Waals surface area contributed by atoms with Crippen molar-refractivity contribution in [2.75, 3.05) is 20.3 Å². The zero-order chi connectivity index (χ0) is 26.6. The second-order valence-electron chi connectivity index (χ2n) is 9.64. The number of aliphatic hydroxyl groups is 1. The average Bonchev–Trinajstić information content (AvgIpc) is 3.43. The first-order valence-electron chi connectivity index (χ1n) is 12.8. The summed E-state index contributed by atoms with van der Waals surface area (Å²) >= 11 is 0. The summed E-state index contributed by atoms with van der Waals surface area (Å²) in [4.78, 5) is 28.0. The predicted octanol–water partition coefficient (Wildman–Crippen LogP) is 5.05. The summed E-state index contributed by atoms with van der Waals surface area (Å²) in [6.45, 7) is 3.12. The monoisotopic (exact) mass is 513 g/mol. The van der Waals surface area contributed by atoms with Gasteiger partial charge in [-0.3, -0.25) is 9.59 Å². The van der Waals surface area contributed by atoms with Crippen LogP contribution in [0, 0.1) is 0 Å². The standard InChI is InChI=1S/C31H31NO6/c1-20-16-24-17-23(12-13-26(24)38-20)29(33)27-28(32(14-7-15-36-2)31(35)30(27)34)22-10-6-11-25(18-22)37-19-21-8-4-3-5-9-21/h3-6,8-13,17-18,20,28,33H,7,14-16,19H2,1-2H3/b29-27+/t20-,28+/m1/s1. The molecule has 7 heteroatoms. The van der Waals surface area contributed by atoms with Crippen LogP contribution in [0.5, 0.6) is 11.5 Å². The van der Waals surface area contributed by atoms with Crippen molar-refractivity contribution >= 4 is 17.4 Å². The van der Waals surface area contributed by atoms with E-state index in [0.29, 0.717) is 49.5 Å². The smallest absolute Gasteiger partial charge is 0.295 e. The first kappa shape index (κ1) is 25.5. The molecule has 1 amide bonds. The summed E-state index contributed by atoms with van der Waals surface area (Å²) in [5.74, 6) is -0.154. The fourth-order valence-electron chi connectivity index (χ4n) is 5.08. The summed E-state index contributed by atoms with van der Waals surface area (Å²) in [6, 6.07) is 21.8. The maximum absolute atomic E-state index is 13.3. The highest BCUT2D eigenvalue weighted by atomic mass is 16.5. The van der Waals surface area contributed by atoms with Gasteiger partial charge in [0.25, 0.3) is 11.7 Å². The number of amides is 1. The normalized spacial score (nSPS) is 19.9. The number of methoxy groups -OCH3 is 1. The number of likely N-dealkylation sites (tertiary alicyclic amines) is 1. The molecule has 1 saturated heterocycles. The van der Waals surface area contributed by atoms with Crippen LogP contribution in [0.15, 0.2) is 78.4 Å². The molecule has 2 atom stereocenters. The van der Waals surface area contributed by atoms with E-state index in [2.05, 4.69) is 0 Å². The van der Waals surface area contributed by atoms with Crippen LogP contribution in [0.25, 0.3) is 5.76 Å². The summed E-state index contributed by atoms with van der Waals surface area (Å²) in [7, 11) is 1.59. The molecule has 2 aliphatic rings. The Morgan fingerprint density at radius 2 is 1.87 bits per heavy atom. The molecule has 2 aliphatic heterocycles. The molecule has 0 unspecified atom stereocenters. The van der Waals surface area contributed by atoms with E-state index in [-0.39, 0.29) is 17.4 Å². The van der Waals surface area contributed by atoms with Crippen LogP contribution in [0.3, 0.4) is 0 Å². The summed E-state index contributed by atoms with van der Waals surface area (Å²) in [5.41, 5.74) is 3.23. The van der Waals surface area contributed by atoms with Crippen molar-refractivity contribution in [2.24, 2.45) is 0 Å². The third-order valence-electron chi connectivity index (χ3n) is 6.88. The molecule has 0 radical (unpaired) electrons. The van der Waals surface area contributed by atoms with Gasteiger partial charge in [0.1, 0.15) is 30.0 Å². The Hall–Kier alpha value is -4.10. The van der Waals surface area contributed by atoms with Crippen molar-refractivity contribution in [2.45, 2.75) is 38.5 Å². The number of fused-ring (bicyclic) bond motifs is 1. The van der Waals surface area contributed by atoms with Crippen LogP contribution < -0.4 is 9.47 Å². The highest BCUT2D eigenvalue weighted by molar-refractivity contribution is 6.46. The number of carbonyl (C=O) groups excluding carboxylic acids is 2. The summed E-state index contributed by atoms with van der Waals surface area (Å²) < 4.78 is 17.0. The van der Waals surface area contributed by atoms with Gasteiger partial charge in [0, 0.05) is 32.2 Å². The molecule has 0 bridgehead atoms. The van der Waals surface area contributed by atoms with Gasteiger partial charge in [0.2, 0.25) is 0 Å². The van der Waals surface area contributed by atoms with Gasteiger partial charge in [-0.25, -0.2) is 0 Å². The minimum Gasteiger partial charge on any atom is -0.507 e. The molecule has 196 valence electrons. The number of benzene rings is 3. The second-order valence-corrected chi connectivity index (χ2v) is 9.64. The fourth-order valence-corrected chi connectivity index (χ4v) is 5.08. The number of Topliss-reactive ketones (excluding diaryl/α,β-unsaturated/α-hetero) is 1. The van der Waals surface area contributed by atoms with Crippen LogP contribution in [-0.4, -0.2) is 48.1 Å². The number of nitrogens with zero attached hydrogens (tertiary/aromatic N) is 1. The number of hydrogen-bond acceptors (Lipinski definition) is 6. The van der Waals surface area contributed by atoms with Crippen molar-refractivity contribution in [1.82, 2.24) is 4.90 Å². The minimum absolute atomic E-state index is 0.0485. The largest absolute Gasteiger partial charge is 0.507 e. The van der Waals surface area contributed by atoms with Crippen molar-refractivity contribution in [3.05, 3.63) is 101 Å². The molecule has 0 aromatic heterocycles. The zero-order valence-corrected chi connectivity index (χ0v) is 21.6. The van der Waals surface area contributed by atoms with E-state index >= 15 is 0 Å². The molecule has 1 fully saturated rings. The zero-order valence-electron chi connectivity index (χ0n) is 21.6. The Bertz CT molecular complexity index is 1370. The lowest BCUT2D eigenvalue weighted by Crippen LogP contribution is -2.31. The van der Waals surface area contributed by atoms with E-state index in [1.807, 2.05) is 67.6 Å². The number of ketones is 1. The lowest BCUT2D eigenvalue weighted by atomic mass is 9.94. The van der Waals surface area contributed by atoms with Gasteiger partial charge in [-0.2, -0.15) is 0 Å². The number of ether oxygens (including phenoxy) is 3. The van der Waals surface area contributed by atoms with Crippen LogP contribution >= 0.6 is 0 Å². The Labute approximate surface area is 222 Å². The van der Waals surface area contributed by atoms with Crippen LogP contribution in [0.4, 0.5) is 0 Å². The molecule has 5 rings (SSSR count). The Morgan fingerprint density at radius 1 is 1.05 bits per heavy atom. The maximum atomic E-state index is 13.3. The van der Waals surface area contributed by atoms with Crippen molar-refractivity contribution in [1.29, 1.82) is 0 Å². The number of aliphatic hydroxyl groups excluding tert-OH is 1. The second kappa shape index (κ2) is 11.1. The Balaban J connectivity index is 1.52. The van der Waals surface area contributed by atoms with E-state index < -0.39 is 17.7 Å². The topological polar surface area (TPSA) is 85.3 Å². The van der Waals surface area contributed by atoms with Crippen molar-refractivity contribution < 1.29 is 28.9 Å². The van der Waals surface area contributed by atoms with E-state index in [1.54, 1.807) is 19.2 Å². The predicted molar refractivity (Wildman–Crippen MR) is 143 cm³/mol. The van der Waals surface area contributed by atoms with E-state index in [1.165, 1.54) is 4.90 Å². The molecule has 1 N–H and O–H groups in total. The molecule has 3 aromatic carbocycles. The quantitative estimate of drug-likeness (QED) is 0.187. The van der Waals surface area contributed by atoms with Gasteiger partial charge in [-0.15, -0.1) is 0 Å². The van der Waals surface area contributed by atoms with Crippen LogP contribution in [0.1, 0.15) is 41.6 Å². The minimum atomic E-state index is -0.754. The van der Waals surface area contributed by atoms with E-state index in [4.69, 9.17) is 14.2 Å². The lowest BCUT2D eigenvalue weighted by Gasteiger charge is -2.25. The third-order valence-corrected chi connectivity index (χ3v) is 6.88. The number of carbonyl (C=O) groups is 2.